The maximum Gasteiger partial charge on any atom is 0.173 e. The Labute approximate surface area is 127 Å². The van der Waals surface area contributed by atoms with E-state index in [1.807, 2.05) is 12.1 Å². The molecule has 0 radical (unpaired) electrons. The Kier molecular flexibility index (Phi) is 6.10. The van der Waals surface area contributed by atoms with Gasteiger partial charge in [0.2, 0.25) is 0 Å². The number of rotatable bonds is 7. The summed E-state index contributed by atoms with van der Waals surface area (Å²) in [7, 11) is 0. The summed E-state index contributed by atoms with van der Waals surface area (Å²) in [6.07, 6.45) is 3.23. The molecule has 2 N–H and O–H groups in total. The molecule has 0 atom stereocenters. The van der Waals surface area contributed by atoms with Gasteiger partial charge >= 0.3 is 0 Å². The molecular weight excluding hydrogens is 284 g/mol. The minimum absolute atomic E-state index is 0.351. The van der Waals surface area contributed by atoms with Gasteiger partial charge in [0.05, 0.1) is 13.1 Å². The number of para-hydroxylation sites is 2. The molecule has 0 heterocycles. The average molecular weight is 300 g/mol. The maximum absolute atomic E-state index is 8.72. The molecule has 0 bridgehead atoms. The van der Waals surface area contributed by atoms with Crippen LogP contribution < -0.4 is 9.78 Å². The third kappa shape index (κ3) is 4.41. The topological polar surface area (TPSA) is 83.6 Å². The second kappa shape index (κ2) is 8.56. The molecule has 0 saturated heterocycles. The normalized spacial score (nSPS) is 11.2. The number of hydrogen-bond acceptors (Lipinski definition) is 6. The van der Waals surface area contributed by atoms with E-state index in [1.54, 1.807) is 48.8 Å². The van der Waals surface area contributed by atoms with Gasteiger partial charge in [0.1, 0.15) is 0 Å². The van der Waals surface area contributed by atoms with Gasteiger partial charge in [0.15, 0.2) is 11.5 Å². The summed E-state index contributed by atoms with van der Waals surface area (Å²) in [5.74, 6) is 0.701. The van der Waals surface area contributed by atoms with Crippen molar-refractivity contribution in [1.82, 2.24) is 0 Å². The summed E-state index contributed by atoms with van der Waals surface area (Å²) in [4.78, 5) is 16.9. The highest BCUT2D eigenvalue weighted by Gasteiger charge is 1.99. The van der Waals surface area contributed by atoms with E-state index in [0.717, 1.165) is 0 Å². The van der Waals surface area contributed by atoms with E-state index in [0.29, 0.717) is 35.7 Å². The lowest BCUT2D eigenvalue weighted by Gasteiger charge is -2.00. The van der Waals surface area contributed by atoms with Gasteiger partial charge in [-0.25, -0.2) is 10.5 Å². The summed E-state index contributed by atoms with van der Waals surface area (Å²) in [5.41, 5.74) is 1.38. The van der Waals surface area contributed by atoms with Crippen LogP contribution in [-0.2, 0) is 0 Å². The highest BCUT2D eigenvalue weighted by molar-refractivity contribution is 5.84. The lowest BCUT2D eigenvalue weighted by atomic mass is 10.2. The fourth-order valence-corrected chi connectivity index (χ4v) is 1.78. The van der Waals surface area contributed by atoms with Gasteiger partial charge in [-0.15, -0.1) is 0 Å². The number of hydrogen-bond donors (Lipinski definition) is 2. The van der Waals surface area contributed by atoms with Crippen LogP contribution in [0.15, 0.2) is 58.5 Å². The standard InChI is InChI=1S/C16H16N2O4/c19-21-15-7-3-1-5-13(15)11-17-9-10-18-12-14-6-2-4-8-16(14)22-20/h1-8,11-12,19-20H,9-10H2. The first-order valence-corrected chi connectivity index (χ1v) is 6.65. The largest absolute Gasteiger partial charge is 0.340 e. The molecule has 0 aromatic heterocycles. The molecule has 6 heteroatoms. The highest BCUT2D eigenvalue weighted by atomic mass is 17.1. The number of benzene rings is 2. The van der Waals surface area contributed by atoms with Gasteiger partial charge < -0.3 is 9.78 Å². The SMILES string of the molecule is OOc1ccccc1C=NCCN=Cc1ccccc1OO. The monoisotopic (exact) mass is 300 g/mol. The third-order valence-electron chi connectivity index (χ3n) is 2.85. The first-order valence-electron chi connectivity index (χ1n) is 6.65. The van der Waals surface area contributed by atoms with E-state index < -0.39 is 0 Å². The molecule has 0 saturated carbocycles. The van der Waals surface area contributed by atoms with E-state index in [1.165, 1.54) is 0 Å². The Bertz CT molecular complexity index is 599. The lowest BCUT2D eigenvalue weighted by Crippen LogP contribution is -1.94. The summed E-state index contributed by atoms with van der Waals surface area (Å²) >= 11 is 0. The van der Waals surface area contributed by atoms with Gasteiger partial charge in [-0.2, -0.15) is 0 Å². The highest BCUT2D eigenvalue weighted by Crippen LogP contribution is 2.15. The summed E-state index contributed by atoms with van der Waals surface area (Å²) in [6, 6.07) is 14.0. The Morgan fingerprint density at radius 1 is 0.727 bits per heavy atom. The molecule has 22 heavy (non-hydrogen) atoms. The van der Waals surface area contributed by atoms with E-state index >= 15 is 0 Å². The van der Waals surface area contributed by atoms with Crippen molar-refractivity contribution in [3.05, 3.63) is 59.7 Å². The molecule has 0 fully saturated rings. The predicted molar refractivity (Wildman–Crippen MR) is 84.3 cm³/mol. The first kappa shape index (κ1) is 15.7. The first-order chi connectivity index (χ1) is 10.8. The van der Waals surface area contributed by atoms with Crippen LogP contribution in [0.25, 0.3) is 0 Å². The number of aliphatic imine (C=N–C) groups is 2. The minimum atomic E-state index is 0.351. The predicted octanol–water partition coefficient (Wildman–Crippen LogP) is 2.93. The van der Waals surface area contributed by atoms with Crippen LogP contribution in [0.4, 0.5) is 0 Å². The molecule has 2 rings (SSSR count). The van der Waals surface area contributed by atoms with Crippen LogP contribution in [0.1, 0.15) is 11.1 Å². The van der Waals surface area contributed by atoms with Crippen LogP contribution in [0.2, 0.25) is 0 Å². The molecule has 2 aromatic rings. The second-order valence-corrected chi connectivity index (χ2v) is 4.33. The fraction of sp³-hybridized carbons (Fsp3) is 0.125. The molecule has 0 spiro atoms. The lowest BCUT2D eigenvalue weighted by molar-refractivity contribution is -0.137. The zero-order valence-electron chi connectivity index (χ0n) is 11.8. The van der Waals surface area contributed by atoms with Gasteiger partial charge in [-0.05, 0) is 24.3 Å². The third-order valence-corrected chi connectivity index (χ3v) is 2.85. The van der Waals surface area contributed by atoms with Crippen molar-refractivity contribution in [3.63, 3.8) is 0 Å². The van der Waals surface area contributed by atoms with Crippen molar-refractivity contribution >= 4 is 12.4 Å². The van der Waals surface area contributed by atoms with Gasteiger partial charge in [-0.3, -0.25) is 9.98 Å². The Hall–Kier alpha value is -2.70. The molecule has 0 aliphatic heterocycles. The average Bonchev–Trinajstić information content (AvgIpc) is 2.58. The fourth-order valence-electron chi connectivity index (χ4n) is 1.78. The Balaban J connectivity index is 1.86. The van der Waals surface area contributed by atoms with Gasteiger partial charge in [0.25, 0.3) is 0 Å². The molecule has 0 aliphatic rings. The Morgan fingerprint density at radius 2 is 1.14 bits per heavy atom. The van der Waals surface area contributed by atoms with Gasteiger partial charge in [-0.1, -0.05) is 24.3 Å². The molecule has 6 nitrogen and oxygen atoms in total. The van der Waals surface area contributed by atoms with Crippen molar-refractivity contribution in [1.29, 1.82) is 0 Å². The summed E-state index contributed by atoms with van der Waals surface area (Å²) in [6.45, 7) is 0.969. The zero-order valence-corrected chi connectivity index (χ0v) is 11.8. The van der Waals surface area contributed by atoms with E-state index in [2.05, 4.69) is 19.8 Å². The molecule has 114 valence electrons. The van der Waals surface area contributed by atoms with Crippen molar-refractivity contribution in [3.8, 4) is 11.5 Å². The molecule has 0 aliphatic carbocycles. The Morgan fingerprint density at radius 3 is 1.55 bits per heavy atom. The zero-order chi connectivity index (χ0) is 15.6. The van der Waals surface area contributed by atoms with Crippen molar-refractivity contribution in [2.24, 2.45) is 9.98 Å². The van der Waals surface area contributed by atoms with Crippen LogP contribution in [0.5, 0.6) is 11.5 Å². The molecule has 2 aromatic carbocycles. The minimum Gasteiger partial charge on any atom is -0.340 e. The van der Waals surface area contributed by atoms with Crippen LogP contribution >= 0.6 is 0 Å². The smallest absolute Gasteiger partial charge is 0.173 e. The number of nitrogens with zero attached hydrogens (tertiary/aromatic N) is 2. The van der Waals surface area contributed by atoms with Crippen molar-refractivity contribution in [2.45, 2.75) is 0 Å². The van der Waals surface area contributed by atoms with Crippen LogP contribution in [0.3, 0.4) is 0 Å². The van der Waals surface area contributed by atoms with E-state index in [-0.39, 0.29) is 0 Å². The molecule has 0 unspecified atom stereocenters. The second-order valence-electron chi connectivity index (χ2n) is 4.33. The van der Waals surface area contributed by atoms with E-state index in [4.69, 9.17) is 10.5 Å². The maximum atomic E-state index is 8.72. The summed E-state index contributed by atoms with van der Waals surface area (Å²) in [5, 5.41) is 17.4. The van der Waals surface area contributed by atoms with E-state index in [9.17, 15) is 0 Å². The van der Waals surface area contributed by atoms with Crippen LogP contribution in [-0.4, -0.2) is 36.0 Å². The van der Waals surface area contributed by atoms with Crippen molar-refractivity contribution in [2.75, 3.05) is 13.1 Å². The summed E-state index contributed by atoms with van der Waals surface area (Å²) < 4.78 is 0. The van der Waals surface area contributed by atoms with Crippen LogP contribution in [0, 0.1) is 0 Å². The quantitative estimate of drug-likeness (QED) is 0.356. The van der Waals surface area contributed by atoms with Gasteiger partial charge in [0, 0.05) is 23.6 Å². The van der Waals surface area contributed by atoms with Crippen molar-refractivity contribution < 1.29 is 20.3 Å². The molecule has 0 amide bonds. The molecular formula is C16H16N2O4.